The van der Waals surface area contributed by atoms with E-state index >= 15 is 0 Å². The average molecular weight is 194 g/mol. The monoisotopic (exact) mass is 194 g/mol. The third-order valence-electron chi connectivity index (χ3n) is 2.83. The van der Waals surface area contributed by atoms with Gasteiger partial charge in [0.05, 0.1) is 11.9 Å². The minimum Gasteiger partial charge on any atom is -0.382 e. The van der Waals surface area contributed by atoms with Gasteiger partial charge in [0, 0.05) is 12.7 Å². The predicted molar refractivity (Wildman–Crippen MR) is 54.6 cm³/mol. The summed E-state index contributed by atoms with van der Waals surface area (Å²) in [6.07, 6.45) is 8.06. The van der Waals surface area contributed by atoms with E-state index in [1.807, 2.05) is 0 Å². The first-order chi connectivity index (χ1) is 6.86. The smallest absolute Gasteiger partial charge is 0.164 e. The van der Waals surface area contributed by atoms with E-state index in [-0.39, 0.29) is 5.82 Å². The van der Waals surface area contributed by atoms with Crippen LogP contribution in [0, 0.1) is 11.7 Å². The number of pyridine rings is 1. The molecule has 2 rings (SSSR count). The van der Waals surface area contributed by atoms with Crippen LogP contribution in [0.25, 0.3) is 0 Å². The molecule has 0 unspecified atom stereocenters. The Morgan fingerprint density at radius 3 is 2.93 bits per heavy atom. The second kappa shape index (κ2) is 4.40. The summed E-state index contributed by atoms with van der Waals surface area (Å²) in [7, 11) is 0. The SMILES string of the molecule is Fc1cnccc1NCC1CCCC1. The molecular formula is C11H15FN2. The van der Waals surface area contributed by atoms with Crippen LogP contribution in [-0.4, -0.2) is 11.5 Å². The standard InChI is InChI=1S/C11H15FN2/c12-10-8-13-6-5-11(10)14-7-9-3-1-2-4-9/h5-6,8-9H,1-4,7H2,(H,13,14). The fraction of sp³-hybridized carbons (Fsp3) is 0.545. The number of hydrogen-bond acceptors (Lipinski definition) is 2. The lowest BCUT2D eigenvalue weighted by Crippen LogP contribution is -2.11. The van der Waals surface area contributed by atoms with Crippen molar-refractivity contribution in [2.75, 3.05) is 11.9 Å². The molecule has 1 aliphatic rings. The summed E-state index contributed by atoms with van der Waals surface area (Å²) >= 11 is 0. The van der Waals surface area contributed by atoms with Crippen molar-refractivity contribution in [3.05, 3.63) is 24.3 Å². The van der Waals surface area contributed by atoms with Crippen molar-refractivity contribution < 1.29 is 4.39 Å². The fourth-order valence-electron chi connectivity index (χ4n) is 1.99. The average Bonchev–Trinajstić information content (AvgIpc) is 2.69. The molecule has 0 saturated heterocycles. The van der Waals surface area contributed by atoms with Gasteiger partial charge in [-0.25, -0.2) is 4.39 Å². The zero-order valence-electron chi connectivity index (χ0n) is 8.17. The number of nitrogens with one attached hydrogen (secondary N) is 1. The normalized spacial score (nSPS) is 17.2. The van der Waals surface area contributed by atoms with Gasteiger partial charge in [-0.3, -0.25) is 4.98 Å². The molecule has 0 aromatic carbocycles. The lowest BCUT2D eigenvalue weighted by atomic mass is 10.1. The van der Waals surface area contributed by atoms with Crippen LogP contribution in [0.4, 0.5) is 10.1 Å². The molecule has 0 atom stereocenters. The van der Waals surface area contributed by atoms with Gasteiger partial charge in [0.1, 0.15) is 0 Å². The largest absolute Gasteiger partial charge is 0.382 e. The molecule has 0 radical (unpaired) electrons. The van der Waals surface area contributed by atoms with E-state index in [9.17, 15) is 4.39 Å². The van der Waals surface area contributed by atoms with Gasteiger partial charge in [0.2, 0.25) is 0 Å². The van der Waals surface area contributed by atoms with Crippen molar-refractivity contribution in [1.29, 1.82) is 0 Å². The second-order valence-corrected chi connectivity index (χ2v) is 3.89. The molecule has 0 amide bonds. The van der Waals surface area contributed by atoms with Gasteiger partial charge in [-0.05, 0) is 24.8 Å². The summed E-state index contributed by atoms with van der Waals surface area (Å²) in [4.78, 5) is 3.71. The van der Waals surface area contributed by atoms with Crippen LogP contribution < -0.4 is 5.32 Å². The minimum atomic E-state index is -0.259. The van der Waals surface area contributed by atoms with Crippen molar-refractivity contribution in [2.45, 2.75) is 25.7 Å². The molecule has 2 nitrogen and oxygen atoms in total. The maximum absolute atomic E-state index is 13.1. The van der Waals surface area contributed by atoms with Crippen LogP contribution in [0.3, 0.4) is 0 Å². The molecule has 1 aliphatic carbocycles. The first-order valence-electron chi connectivity index (χ1n) is 5.19. The summed E-state index contributed by atoms with van der Waals surface area (Å²) in [5.41, 5.74) is 0.576. The zero-order valence-corrected chi connectivity index (χ0v) is 8.17. The van der Waals surface area contributed by atoms with Gasteiger partial charge in [-0.2, -0.15) is 0 Å². The Balaban J connectivity index is 1.88. The van der Waals surface area contributed by atoms with Crippen molar-refractivity contribution >= 4 is 5.69 Å². The molecule has 76 valence electrons. The van der Waals surface area contributed by atoms with Crippen molar-refractivity contribution in [2.24, 2.45) is 5.92 Å². The Labute approximate surface area is 83.6 Å². The van der Waals surface area contributed by atoms with Crippen molar-refractivity contribution in [3.8, 4) is 0 Å². The molecule has 1 aromatic rings. The van der Waals surface area contributed by atoms with E-state index in [1.54, 1.807) is 12.3 Å². The van der Waals surface area contributed by atoms with Crippen LogP contribution in [0.15, 0.2) is 18.5 Å². The van der Waals surface area contributed by atoms with E-state index in [2.05, 4.69) is 10.3 Å². The first-order valence-corrected chi connectivity index (χ1v) is 5.19. The molecule has 14 heavy (non-hydrogen) atoms. The molecule has 1 N–H and O–H groups in total. The van der Waals surface area contributed by atoms with Gasteiger partial charge in [-0.1, -0.05) is 12.8 Å². The molecule has 3 heteroatoms. The van der Waals surface area contributed by atoms with Gasteiger partial charge < -0.3 is 5.32 Å². The van der Waals surface area contributed by atoms with Gasteiger partial charge in [-0.15, -0.1) is 0 Å². The zero-order chi connectivity index (χ0) is 9.80. The maximum Gasteiger partial charge on any atom is 0.164 e. The lowest BCUT2D eigenvalue weighted by molar-refractivity contribution is 0.573. The third kappa shape index (κ3) is 2.22. The number of anilines is 1. The molecular weight excluding hydrogens is 179 g/mol. The van der Waals surface area contributed by atoms with Crippen LogP contribution in [0.1, 0.15) is 25.7 Å². The fourth-order valence-corrected chi connectivity index (χ4v) is 1.99. The summed E-state index contributed by atoms with van der Waals surface area (Å²) < 4.78 is 13.1. The quantitative estimate of drug-likeness (QED) is 0.800. The second-order valence-electron chi connectivity index (χ2n) is 3.89. The molecule has 1 saturated carbocycles. The van der Waals surface area contributed by atoms with E-state index in [0.717, 1.165) is 12.5 Å². The van der Waals surface area contributed by atoms with Crippen molar-refractivity contribution in [3.63, 3.8) is 0 Å². The van der Waals surface area contributed by atoms with E-state index in [0.29, 0.717) is 5.69 Å². The third-order valence-corrected chi connectivity index (χ3v) is 2.83. The number of nitrogens with zero attached hydrogens (tertiary/aromatic N) is 1. The number of rotatable bonds is 3. The molecule has 1 aromatic heterocycles. The lowest BCUT2D eigenvalue weighted by Gasteiger charge is -2.11. The van der Waals surface area contributed by atoms with E-state index in [1.165, 1.54) is 31.9 Å². The summed E-state index contributed by atoms with van der Waals surface area (Å²) in [6, 6.07) is 1.68. The van der Waals surface area contributed by atoms with Crippen LogP contribution >= 0.6 is 0 Å². The molecule has 1 fully saturated rings. The van der Waals surface area contributed by atoms with Crippen LogP contribution in [0.2, 0.25) is 0 Å². The molecule has 0 bridgehead atoms. The number of aromatic nitrogens is 1. The van der Waals surface area contributed by atoms with Gasteiger partial charge in [0.25, 0.3) is 0 Å². The van der Waals surface area contributed by atoms with Gasteiger partial charge in [0.15, 0.2) is 5.82 Å². The summed E-state index contributed by atoms with van der Waals surface area (Å²) in [5, 5.41) is 3.14. The summed E-state index contributed by atoms with van der Waals surface area (Å²) in [5.74, 6) is 0.466. The number of halogens is 1. The Kier molecular flexibility index (Phi) is 2.96. The Morgan fingerprint density at radius 2 is 2.21 bits per heavy atom. The summed E-state index contributed by atoms with van der Waals surface area (Å²) in [6.45, 7) is 0.890. The minimum absolute atomic E-state index is 0.259. The topological polar surface area (TPSA) is 24.9 Å². The highest BCUT2D eigenvalue weighted by molar-refractivity contribution is 5.42. The highest BCUT2D eigenvalue weighted by atomic mass is 19.1. The molecule has 0 aliphatic heterocycles. The molecule has 1 heterocycles. The number of hydrogen-bond donors (Lipinski definition) is 1. The Bertz CT molecular complexity index is 295. The highest BCUT2D eigenvalue weighted by Gasteiger charge is 2.14. The Morgan fingerprint density at radius 1 is 1.43 bits per heavy atom. The first kappa shape index (κ1) is 9.44. The maximum atomic E-state index is 13.1. The van der Waals surface area contributed by atoms with Crippen LogP contribution in [0.5, 0.6) is 0 Å². The Hall–Kier alpha value is -1.12. The predicted octanol–water partition coefficient (Wildman–Crippen LogP) is 2.82. The molecule has 0 spiro atoms. The van der Waals surface area contributed by atoms with Gasteiger partial charge >= 0.3 is 0 Å². The highest BCUT2D eigenvalue weighted by Crippen LogP contribution is 2.25. The van der Waals surface area contributed by atoms with Crippen LogP contribution in [-0.2, 0) is 0 Å². The van der Waals surface area contributed by atoms with E-state index < -0.39 is 0 Å². The van der Waals surface area contributed by atoms with Crippen molar-refractivity contribution in [1.82, 2.24) is 4.98 Å². The van der Waals surface area contributed by atoms with E-state index in [4.69, 9.17) is 0 Å².